The van der Waals surface area contributed by atoms with Gasteiger partial charge in [0.1, 0.15) is 11.6 Å². The van der Waals surface area contributed by atoms with Gasteiger partial charge in [-0.3, -0.25) is 0 Å². The molecular formula is C11H17N5OS. The second-order valence-electron chi connectivity index (χ2n) is 4.63. The summed E-state index contributed by atoms with van der Waals surface area (Å²) in [5.74, 6) is 6.84. The lowest BCUT2D eigenvalue weighted by Gasteiger charge is -2.21. The Bertz CT molecular complexity index is 421. The number of fused-ring (bicyclic) bond motifs is 2. The summed E-state index contributed by atoms with van der Waals surface area (Å²) in [4.78, 5) is 8.67. The number of rotatable bonds is 4. The molecule has 0 aromatic carbocycles. The van der Waals surface area contributed by atoms with Crippen LogP contribution in [0.3, 0.4) is 0 Å². The molecule has 2 aliphatic rings. The molecule has 6 nitrogen and oxygen atoms in total. The molecule has 3 atom stereocenters. The van der Waals surface area contributed by atoms with E-state index in [1.54, 1.807) is 0 Å². The van der Waals surface area contributed by atoms with Crippen molar-refractivity contribution < 1.29 is 4.74 Å². The van der Waals surface area contributed by atoms with E-state index in [1.807, 2.05) is 12.3 Å². The summed E-state index contributed by atoms with van der Waals surface area (Å²) in [5, 5.41) is 4.14. The smallest absolute Gasteiger partial charge is 0.191 e. The summed E-state index contributed by atoms with van der Waals surface area (Å²) in [5.41, 5.74) is 2.57. The van der Waals surface area contributed by atoms with Crippen LogP contribution in [0.15, 0.2) is 11.2 Å². The van der Waals surface area contributed by atoms with Gasteiger partial charge in [0.15, 0.2) is 5.16 Å². The number of anilines is 2. The second-order valence-corrected chi connectivity index (χ2v) is 5.40. The molecule has 3 rings (SSSR count). The summed E-state index contributed by atoms with van der Waals surface area (Å²) in [6, 6.07) is 2.19. The molecular weight excluding hydrogens is 250 g/mol. The maximum atomic E-state index is 5.82. The summed E-state index contributed by atoms with van der Waals surface area (Å²) < 4.78 is 5.82. The molecule has 2 bridgehead atoms. The van der Waals surface area contributed by atoms with Crippen LogP contribution in [0.5, 0.6) is 0 Å². The summed E-state index contributed by atoms with van der Waals surface area (Å²) in [7, 11) is 0. The predicted octanol–water partition coefficient (Wildman–Crippen LogP) is 1.22. The van der Waals surface area contributed by atoms with Crippen molar-refractivity contribution in [3.8, 4) is 0 Å². The largest absolute Gasteiger partial charge is 0.373 e. The molecule has 1 aromatic heterocycles. The maximum Gasteiger partial charge on any atom is 0.191 e. The van der Waals surface area contributed by atoms with Crippen LogP contribution in [-0.4, -0.2) is 34.5 Å². The summed E-state index contributed by atoms with van der Waals surface area (Å²) in [6.45, 7) is 0. The lowest BCUT2D eigenvalue weighted by atomic mass is 9.95. The number of nitrogen functional groups attached to an aromatic ring is 1. The number of hydrogen-bond acceptors (Lipinski definition) is 7. The van der Waals surface area contributed by atoms with E-state index in [-0.39, 0.29) is 0 Å². The Balaban J connectivity index is 1.75. The summed E-state index contributed by atoms with van der Waals surface area (Å²) in [6.07, 6.45) is 6.11. The number of nitrogens with two attached hydrogens (primary N) is 1. The van der Waals surface area contributed by atoms with E-state index in [1.165, 1.54) is 18.2 Å². The SMILES string of the molecule is CSc1nc(NN)cc(NC2CC3CCC2O3)n1. The first-order chi connectivity index (χ1) is 8.78. The van der Waals surface area contributed by atoms with Crippen molar-refractivity contribution in [2.75, 3.05) is 17.0 Å². The molecule has 3 unspecified atom stereocenters. The molecule has 98 valence electrons. The van der Waals surface area contributed by atoms with E-state index in [0.29, 0.717) is 29.2 Å². The molecule has 4 N–H and O–H groups in total. The van der Waals surface area contributed by atoms with Crippen LogP contribution in [0.4, 0.5) is 11.6 Å². The maximum absolute atomic E-state index is 5.82. The van der Waals surface area contributed by atoms with Gasteiger partial charge in [0.25, 0.3) is 0 Å². The molecule has 1 aromatic rings. The van der Waals surface area contributed by atoms with Crippen LogP contribution >= 0.6 is 11.8 Å². The number of aromatic nitrogens is 2. The van der Waals surface area contributed by atoms with Gasteiger partial charge in [-0.25, -0.2) is 15.8 Å². The molecule has 2 fully saturated rings. The topological polar surface area (TPSA) is 85.1 Å². The van der Waals surface area contributed by atoms with E-state index >= 15 is 0 Å². The fourth-order valence-electron chi connectivity index (χ4n) is 2.64. The Morgan fingerprint density at radius 3 is 2.83 bits per heavy atom. The van der Waals surface area contributed by atoms with Crippen molar-refractivity contribution in [1.29, 1.82) is 0 Å². The number of hydrogen-bond donors (Lipinski definition) is 3. The zero-order valence-electron chi connectivity index (χ0n) is 10.2. The van der Waals surface area contributed by atoms with Gasteiger partial charge in [-0.05, 0) is 25.5 Å². The van der Waals surface area contributed by atoms with Crippen LogP contribution in [0.1, 0.15) is 19.3 Å². The van der Waals surface area contributed by atoms with Gasteiger partial charge in [0.05, 0.1) is 18.2 Å². The first kappa shape index (κ1) is 12.0. The third-order valence-electron chi connectivity index (χ3n) is 3.48. The molecule has 0 radical (unpaired) electrons. The highest BCUT2D eigenvalue weighted by Crippen LogP contribution is 2.36. The molecule has 3 heterocycles. The Morgan fingerprint density at radius 1 is 1.39 bits per heavy atom. The van der Waals surface area contributed by atoms with Gasteiger partial charge in [-0.1, -0.05) is 11.8 Å². The van der Waals surface area contributed by atoms with E-state index < -0.39 is 0 Å². The lowest BCUT2D eigenvalue weighted by molar-refractivity contribution is 0.102. The predicted molar refractivity (Wildman–Crippen MR) is 71.5 cm³/mol. The lowest BCUT2D eigenvalue weighted by Crippen LogP contribution is -2.31. The van der Waals surface area contributed by atoms with Crippen molar-refractivity contribution in [2.45, 2.75) is 42.7 Å². The second kappa shape index (κ2) is 4.91. The number of hydrazine groups is 1. The van der Waals surface area contributed by atoms with Crippen molar-refractivity contribution in [1.82, 2.24) is 9.97 Å². The third kappa shape index (κ3) is 2.25. The molecule has 2 aliphatic heterocycles. The summed E-state index contributed by atoms with van der Waals surface area (Å²) >= 11 is 1.50. The monoisotopic (exact) mass is 267 g/mol. The van der Waals surface area contributed by atoms with Gasteiger partial charge in [-0.15, -0.1) is 0 Å². The first-order valence-corrected chi connectivity index (χ1v) is 7.32. The Morgan fingerprint density at radius 2 is 2.22 bits per heavy atom. The van der Waals surface area contributed by atoms with Gasteiger partial charge in [-0.2, -0.15) is 0 Å². The van der Waals surface area contributed by atoms with Crippen molar-refractivity contribution >= 4 is 23.4 Å². The Labute approximate surface area is 110 Å². The van der Waals surface area contributed by atoms with Crippen molar-refractivity contribution in [2.24, 2.45) is 5.84 Å². The van der Waals surface area contributed by atoms with Crippen molar-refractivity contribution in [3.63, 3.8) is 0 Å². The molecule has 2 saturated heterocycles. The molecule has 0 amide bonds. The van der Waals surface area contributed by atoms with Crippen LogP contribution < -0.4 is 16.6 Å². The number of thioether (sulfide) groups is 1. The Hall–Kier alpha value is -1.05. The van der Waals surface area contributed by atoms with Gasteiger partial charge < -0.3 is 15.5 Å². The standard InChI is InChI=1S/C11H17N5OS/c1-18-11-14-9(5-10(15-11)16-12)13-7-4-6-2-3-8(7)17-6/h5-8H,2-4,12H2,1H3,(H2,13,14,15,16). The minimum Gasteiger partial charge on any atom is -0.373 e. The average molecular weight is 267 g/mol. The normalized spacial score (nSPS) is 29.6. The van der Waals surface area contributed by atoms with Gasteiger partial charge >= 0.3 is 0 Å². The van der Waals surface area contributed by atoms with E-state index in [2.05, 4.69) is 20.7 Å². The average Bonchev–Trinajstić information content (AvgIpc) is 3.00. The van der Waals surface area contributed by atoms with Crippen LogP contribution in [-0.2, 0) is 4.74 Å². The molecule has 7 heteroatoms. The first-order valence-electron chi connectivity index (χ1n) is 6.10. The van der Waals surface area contributed by atoms with Crippen LogP contribution in [0, 0.1) is 0 Å². The van der Waals surface area contributed by atoms with E-state index in [4.69, 9.17) is 10.6 Å². The molecule has 0 aliphatic carbocycles. The van der Waals surface area contributed by atoms with Crippen molar-refractivity contribution in [3.05, 3.63) is 6.07 Å². The Kier molecular flexibility index (Phi) is 3.27. The van der Waals surface area contributed by atoms with E-state index in [9.17, 15) is 0 Å². The highest BCUT2D eigenvalue weighted by molar-refractivity contribution is 7.98. The minimum absolute atomic E-state index is 0.331. The van der Waals surface area contributed by atoms with Crippen LogP contribution in [0.25, 0.3) is 0 Å². The van der Waals surface area contributed by atoms with Gasteiger partial charge in [0, 0.05) is 6.07 Å². The van der Waals surface area contributed by atoms with E-state index in [0.717, 1.165) is 18.7 Å². The van der Waals surface area contributed by atoms with Gasteiger partial charge in [0.2, 0.25) is 0 Å². The quantitative estimate of drug-likeness (QED) is 0.327. The zero-order valence-corrected chi connectivity index (χ0v) is 11.0. The molecule has 0 spiro atoms. The molecule has 0 saturated carbocycles. The number of nitrogens with zero attached hydrogens (tertiary/aromatic N) is 2. The zero-order chi connectivity index (χ0) is 12.5. The fourth-order valence-corrected chi connectivity index (χ4v) is 3.02. The highest BCUT2D eigenvalue weighted by Gasteiger charge is 2.40. The minimum atomic E-state index is 0.331. The highest BCUT2D eigenvalue weighted by atomic mass is 32.2. The van der Waals surface area contributed by atoms with Crippen LogP contribution in [0.2, 0.25) is 0 Å². The third-order valence-corrected chi connectivity index (χ3v) is 4.02. The number of ether oxygens (including phenoxy) is 1. The number of nitrogens with one attached hydrogen (secondary N) is 2. The molecule has 18 heavy (non-hydrogen) atoms. The fraction of sp³-hybridized carbons (Fsp3) is 0.636.